The Morgan fingerprint density at radius 3 is 1.19 bits per heavy atom. The number of likely N-dealkylation sites (N-methyl/N-ethyl adjacent to an activating group) is 1. The highest BCUT2D eigenvalue weighted by Gasteiger charge is 2.30. The van der Waals surface area contributed by atoms with E-state index in [1.165, 1.54) is 231 Å². The number of esters is 1. The summed E-state index contributed by atoms with van der Waals surface area (Å²) < 4.78 is 30.8. The van der Waals surface area contributed by atoms with Crippen molar-refractivity contribution < 1.29 is 37.3 Å². The lowest BCUT2D eigenvalue weighted by Crippen LogP contribution is -2.47. The summed E-state index contributed by atoms with van der Waals surface area (Å²) in [5.74, 6) is -0.491. The molecule has 10 heteroatoms. The molecule has 0 aliphatic rings. The molecule has 0 bridgehead atoms. The highest BCUT2D eigenvalue weighted by molar-refractivity contribution is 7.47. The van der Waals surface area contributed by atoms with Gasteiger partial charge in [0.2, 0.25) is 5.91 Å². The number of unbranched alkanes of at least 4 members (excludes halogenated alkanes) is 41. The average molecular weight is 1110 g/mol. The van der Waals surface area contributed by atoms with E-state index in [0.29, 0.717) is 23.9 Å². The molecule has 0 aromatic heterocycles. The Bertz CT molecular complexity index is 1410. The van der Waals surface area contributed by atoms with Crippen molar-refractivity contribution in [2.75, 3.05) is 40.9 Å². The summed E-state index contributed by atoms with van der Waals surface area (Å²) in [5.41, 5.74) is 0. The van der Waals surface area contributed by atoms with Gasteiger partial charge in [-0.1, -0.05) is 289 Å². The summed E-state index contributed by atoms with van der Waals surface area (Å²) in [6.45, 7) is 7.03. The van der Waals surface area contributed by atoms with Crippen molar-refractivity contribution >= 4 is 19.7 Å². The number of quaternary nitrogens is 1. The molecule has 0 saturated carbocycles. The first-order valence-corrected chi connectivity index (χ1v) is 34.8. The topological polar surface area (TPSA) is 111 Å². The van der Waals surface area contributed by atoms with Gasteiger partial charge in [-0.2, -0.15) is 0 Å². The van der Waals surface area contributed by atoms with E-state index in [1.807, 2.05) is 33.3 Å². The van der Waals surface area contributed by atoms with Gasteiger partial charge in [0.1, 0.15) is 19.3 Å². The maximum absolute atomic E-state index is 13.6. The van der Waals surface area contributed by atoms with Crippen LogP contribution in [-0.4, -0.2) is 74.3 Å². The van der Waals surface area contributed by atoms with Gasteiger partial charge in [0, 0.05) is 12.8 Å². The number of hydrogen-bond donors (Lipinski definition) is 2. The van der Waals surface area contributed by atoms with Crippen molar-refractivity contribution in [3.05, 3.63) is 36.5 Å². The van der Waals surface area contributed by atoms with Crippen LogP contribution in [0, 0.1) is 0 Å². The summed E-state index contributed by atoms with van der Waals surface area (Å²) in [4.78, 5) is 37.8. The molecule has 0 aliphatic heterocycles. The highest BCUT2D eigenvalue weighted by atomic mass is 31.2. The van der Waals surface area contributed by atoms with E-state index in [9.17, 15) is 19.0 Å². The van der Waals surface area contributed by atoms with Gasteiger partial charge < -0.3 is 19.4 Å². The summed E-state index contributed by atoms with van der Waals surface area (Å²) in [6.07, 6.45) is 70.0. The second-order valence-corrected chi connectivity index (χ2v) is 25.5. The third-order valence-corrected chi connectivity index (χ3v) is 16.1. The lowest BCUT2D eigenvalue weighted by atomic mass is 10.0. The van der Waals surface area contributed by atoms with Gasteiger partial charge in [0.25, 0.3) is 0 Å². The summed E-state index contributed by atoms with van der Waals surface area (Å²) >= 11 is 0. The van der Waals surface area contributed by atoms with E-state index in [0.717, 1.165) is 64.2 Å². The first kappa shape index (κ1) is 75.2. The van der Waals surface area contributed by atoms with Gasteiger partial charge in [-0.15, -0.1) is 0 Å². The van der Waals surface area contributed by atoms with Crippen LogP contribution in [0.2, 0.25) is 0 Å². The molecule has 9 nitrogen and oxygen atoms in total. The third-order valence-electron chi connectivity index (χ3n) is 15.1. The zero-order chi connectivity index (χ0) is 56.4. The van der Waals surface area contributed by atoms with Crippen molar-refractivity contribution in [2.24, 2.45) is 0 Å². The fourth-order valence-electron chi connectivity index (χ4n) is 9.91. The Hall–Kier alpha value is -1.77. The van der Waals surface area contributed by atoms with Crippen molar-refractivity contribution in [3.8, 4) is 0 Å². The Kier molecular flexibility index (Phi) is 56.1. The standard InChI is InChI=1S/C67H129N2O7P/c1-7-10-13-16-19-22-25-27-29-31-33-34-36-37-39-41-44-47-50-53-56-59-66(70)68-64(63-75-77(72,73)74-62-61-69(4,5)6)65(58-55-52-49-46-43-24-21-18-15-12-9-3)76-67(71)60-57-54-51-48-45-42-40-38-35-32-30-28-26-23-20-17-14-11-8-2/h19,22,27,29,55,58,64-65H,7-18,20-21,23-26,28,30-54,56-57,59-63H2,1-6H3,(H-,68,70,72,73)/p+1/b22-19-,29-27-,58-55+. The molecule has 0 saturated heterocycles. The Morgan fingerprint density at radius 2 is 0.792 bits per heavy atom. The maximum Gasteiger partial charge on any atom is 0.472 e. The number of allylic oxidation sites excluding steroid dienone is 5. The summed E-state index contributed by atoms with van der Waals surface area (Å²) in [7, 11) is 1.51. The van der Waals surface area contributed by atoms with Crippen molar-refractivity contribution in [2.45, 2.75) is 341 Å². The van der Waals surface area contributed by atoms with E-state index in [2.05, 4.69) is 50.4 Å². The number of ether oxygens (including phenoxy) is 1. The Balaban J connectivity index is 5.10. The molecule has 454 valence electrons. The molecule has 77 heavy (non-hydrogen) atoms. The fraction of sp³-hybridized carbons (Fsp3) is 0.881. The molecule has 3 unspecified atom stereocenters. The van der Waals surface area contributed by atoms with Crippen molar-refractivity contribution in [3.63, 3.8) is 0 Å². The van der Waals surface area contributed by atoms with Gasteiger partial charge in [-0.05, 0) is 63.9 Å². The first-order chi connectivity index (χ1) is 37.4. The number of hydrogen-bond acceptors (Lipinski definition) is 6. The normalized spacial score (nSPS) is 13.8. The maximum atomic E-state index is 13.6. The number of nitrogens with zero attached hydrogens (tertiary/aromatic N) is 1. The van der Waals surface area contributed by atoms with Crippen LogP contribution in [0.1, 0.15) is 329 Å². The van der Waals surface area contributed by atoms with Crippen molar-refractivity contribution in [1.29, 1.82) is 0 Å². The van der Waals surface area contributed by atoms with Gasteiger partial charge in [0.05, 0.1) is 33.8 Å². The second-order valence-electron chi connectivity index (χ2n) is 24.0. The van der Waals surface area contributed by atoms with Gasteiger partial charge in [0.15, 0.2) is 0 Å². The second kappa shape index (κ2) is 57.5. The average Bonchev–Trinajstić information content (AvgIpc) is 3.39. The Morgan fingerprint density at radius 1 is 0.455 bits per heavy atom. The Labute approximate surface area is 478 Å². The van der Waals surface area contributed by atoms with Crippen LogP contribution in [0.25, 0.3) is 0 Å². The van der Waals surface area contributed by atoms with Crippen LogP contribution in [-0.2, 0) is 27.9 Å². The lowest BCUT2D eigenvalue weighted by molar-refractivity contribution is -0.870. The van der Waals surface area contributed by atoms with Gasteiger partial charge in [-0.25, -0.2) is 4.57 Å². The molecule has 0 aliphatic carbocycles. The predicted octanol–water partition coefficient (Wildman–Crippen LogP) is 20.7. The first-order valence-electron chi connectivity index (χ1n) is 33.3. The molecule has 0 heterocycles. The minimum absolute atomic E-state index is 0.0424. The number of phosphoric ester groups is 1. The van der Waals surface area contributed by atoms with E-state index in [1.54, 1.807) is 0 Å². The summed E-state index contributed by atoms with van der Waals surface area (Å²) in [5, 5.41) is 3.07. The number of rotatable bonds is 61. The summed E-state index contributed by atoms with van der Waals surface area (Å²) in [6, 6.07) is -0.845. The van der Waals surface area contributed by atoms with Crippen LogP contribution in [0.5, 0.6) is 0 Å². The number of amides is 1. The monoisotopic (exact) mass is 1110 g/mol. The molecule has 1 amide bonds. The number of carbonyl (C=O) groups excluding carboxylic acids is 2. The van der Waals surface area contributed by atoms with Crippen LogP contribution < -0.4 is 5.32 Å². The van der Waals surface area contributed by atoms with E-state index in [4.69, 9.17) is 13.8 Å². The lowest BCUT2D eigenvalue weighted by Gasteiger charge is -2.27. The van der Waals surface area contributed by atoms with Crippen LogP contribution in [0.15, 0.2) is 36.5 Å². The zero-order valence-electron chi connectivity index (χ0n) is 52.0. The molecule has 3 atom stereocenters. The minimum atomic E-state index is -4.45. The molecule has 0 radical (unpaired) electrons. The van der Waals surface area contributed by atoms with Gasteiger partial charge >= 0.3 is 13.8 Å². The van der Waals surface area contributed by atoms with Crippen molar-refractivity contribution in [1.82, 2.24) is 5.32 Å². The number of nitrogens with one attached hydrogen (secondary N) is 1. The smallest absolute Gasteiger partial charge is 0.456 e. The van der Waals surface area contributed by atoms with E-state index >= 15 is 0 Å². The largest absolute Gasteiger partial charge is 0.472 e. The molecular weight excluding hydrogens is 976 g/mol. The minimum Gasteiger partial charge on any atom is -0.456 e. The van der Waals surface area contributed by atoms with E-state index in [-0.39, 0.29) is 25.1 Å². The third kappa shape index (κ3) is 58.7. The molecule has 0 spiro atoms. The number of phosphoric acid groups is 1. The van der Waals surface area contributed by atoms with Crippen LogP contribution >= 0.6 is 7.82 Å². The molecule has 0 rings (SSSR count). The van der Waals surface area contributed by atoms with Crippen LogP contribution in [0.3, 0.4) is 0 Å². The van der Waals surface area contributed by atoms with Crippen LogP contribution in [0.4, 0.5) is 0 Å². The molecule has 0 aromatic carbocycles. The molecule has 2 N–H and O–H groups in total. The zero-order valence-corrected chi connectivity index (χ0v) is 52.9. The molecule has 0 fully saturated rings. The fourth-order valence-corrected chi connectivity index (χ4v) is 10.7. The highest BCUT2D eigenvalue weighted by Crippen LogP contribution is 2.43. The molecular formula is C67H130N2O7P+. The van der Waals surface area contributed by atoms with Gasteiger partial charge in [-0.3, -0.25) is 18.6 Å². The molecule has 0 aromatic rings. The van der Waals surface area contributed by atoms with E-state index < -0.39 is 20.0 Å². The quantitative estimate of drug-likeness (QED) is 0.0205. The number of carbonyl (C=O) groups is 2. The SMILES string of the molecule is CCCCC/C=C\C/C=C\CCCCCCCCCCCCCC(=O)NC(COP(=O)(O)OCC[N+](C)(C)C)C(/C=C/CCCCCCCCCCC)OC(=O)CCCCCCCCCCCCCCCCCCCCC. The predicted molar refractivity (Wildman–Crippen MR) is 332 cm³/mol.